The van der Waals surface area contributed by atoms with Crippen molar-refractivity contribution in [2.75, 3.05) is 42.0 Å². The standard InChI is InChI=1S/C39H42N4O7/c1-19-35(47-4)24-16-27-32-31-25(36(48-5)20(2)38(50-7)34(31)45)15-26(42(32)3)28(17-40)43(27)29(30(24)33(44)37(19)49-6)18-41-39(46)23-14-10-12-21-11-8-9-13-22(21)23/h8-14,26-29,32,44-45H,15-16,18H2,1-7H3,(H,41,46)/t26-,27+,28+,29+,32-/m1/s1. The van der Waals surface area contributed by atoms with Crippen molar-refractivity contribution in [1.29, 1.82) is 5.26 Å². The first kappa shape index (κ1) is 33.3. The summed E-state index contributed by atoms with van der Waals surface area (Å²) in [4.78, 5) is 18.3. The Morgan fingerprint density at radius 2 is 1.40 bits per heavy atom. The van der Waals surface area contributed by atoms with E-state index in [2.05, 4.69) is 21.2 Å². The first-order valence-corrected chi connectivity index (χ1v) is 16.7. The van der Waals surface area contributed by atoms with Gasteiger partial charge in [-0.05, 0) is 50.6 Å². The number of nitrogens with zero attached hydrogens (tertiary/aromatic N) is 3. The third kappa shape index (κ3) is 4.66. The molecule has 11 heteroatoms. The van der Waals surface area contributed by atoms with Gasteiger partial charge in [-0.15, -0.1) is 0 Å². The van der Waals surface area contributed by atoms with Crippen molar-refractivity contribution < 1.29 is 34.0 Å². The van der Waals surface area contributed by atoms with Crippen LogP contribution in [0.5, 0.6) is 34.5 Å². The van der Waals surface area contributed by atoms with E-state index in [4.69, 9.17) is 18.9 Å². The Bertz CT molecular complexity index is 2070. The third-order valence-corrected chi connectivity index (χ3v) is 11.2. The number of benzene rings is 4. The van der Waals surface area contributed by atoms with Crippen LogP contribution in [0.2, 0.25) is 0 Å². The highest BCUT2D eigenvalue weighted by Crippen LogP contribution is 2.58. The van der Waals surface area contributed by atoms with Gasteiger partial charge in [0.2, 0.25) is 0 Å². The van der Waals surface area contributed by atoms with Gasteiger partial charge in [0.05, 0.1) is 46.6 Å². The van der Waals surface area contributed by atoms with E-state index in [0.717, 1.165) is 21.9 Å². The number of nitrogens with one attached hydrogen (secondary N) is 1. The second kappa shape index (κ2) is 12.6. The number of aromatic hydroxyl groups is 2. The van der Waals surface area contributed by atoms with Gasteiger partial charge in [-0.25, -0.2) is 0 Å². The van der Waals surface area contributed by atoms with E-state index in [1.54, 1.807) is 20.3 Å². The predicted octanol–water partition coefficient (Wildman–Crippen LogP) is 5.10. The Hall–Kier alpha value is -5.18. The fourth-order valence-corrected chi connectivity index (χ4v) is 9.12. The maximum Gasteiger partial charge on any atom is 0.251 e. The third-order valence-electron chi connectivity index (χ3n) is 11.2. The minimum atomic E-state index is -0.660. The van der Waals surface area contributed by atoms with Crippen molar-refractivity contribution in [3.05, 3.63) is 81.4 Å². The lowest BCUT2D eigenvalue weighted by atomic mass is 9.71. The summed E-state index contributed by atoms with van der Waals surface area (Å²) in [6.07, 6.45) is 0.807. The summed E-state index contributed by atoms with van der Waals surface area (Å²) in [5.74, 6) is 1.54. The number of hydrogen-bond donors (Lipinski definition) is 3. The lowest BCUT2D eigenvalue weighted by Gasteiger charge is -2.60. The van der Waals surface area contributed by atoms with E-state index in [9.17, 15) is 20.3 Å². The van der Waals surface area contributed by atoms with E-state index < -0.39 is 24.2 Å². The van der Waals surface area contributed by atoms with Crippen LogP contribution >= 0.6 is 0 Å². The van der Waals surface area contributed by atoms with Crippen LogP contribution in [0.4, 0.5) is 0 Å². The lowest BCUT2D eigenvalue weighted by molar-refractivity contribution is -0.0724. The van der Waals surface area contributed by atoms with Crippen LogP contribution in [-0.4, -0.2) is 86.1 Å². The number of methoxy groups -OCH3 is 4. The number of phenols is 2. The number of amides is 1. The van der Waals surface area contributed by atoms with Crippen molar-refractivity contribution in [3.63, 3.8) is 0 Å². The van der Waals surface area contributed by atoms with Crippen LogP contribution in [0, 0.1) is 25.2 Å². The summed E-state index contributed by atoms with van der Waals surface area (Å²) in [7, 11) is 8.20. The van der Waals surface area contributed by atoms with Crippen molar-refractivity contribution in [1.82, 2.24) is 15.1 Å². The molecular weight excluding hydrogens is 636 g/mol. The van der Waals surface area contributed by atoms with Crippen LogP contribution in [0.25, 0.3) is 10.8 Å². The monoisotopic (exact) mass is 678 g/mol. The van der Waals surface area contributed by atoms with Crippen LogP contribution in [0.3, 0.4) is 0 Å². The van der Waals surface area contributed by atoms with Crippen LogP contribution in [0.1, 0.15) is 55.8 Å². The number of carbonyl (C=O) groups is 1. The van der Waals surface area contributed by atoms with Crippen molar-refractivity contribution in [2.24, 2.45) is 0 Å². The van der Waals surface area contributed by atoms with Gasteiger partial charge < -0.3 is 34.5 Å². The molecule has 0 radical (unpaired) electrons. The number of ether oxygens (including phenoxy) is 4. The zero-order valence-corrected chi connectivity index (χ0v) is 29.3. The molecule has 11 nitrogen and oxygen atoms in total. The normalized spacial score (nSPS) is 22.5. The summed E-state index contributed by atoms with van der Waals surface area (Å²) in [6, 6.07) is 13.5. The highest BCUT2D eigenvalue weighted by Gasteiger charge is 2.57. The molecule has 3 aliphatic heterocycles. The number of hydrogen-bond acceptors (Lipinski definition) is 10. The average molecular weight is 679 g/mol. The van der Waals surface area contributed by atoms with E-state index in [1.807, 2.05) is 57.3 Å². The van der Waals surface area contributed by atoms with Crippen LogP contribution in [0.15, 0.2) is 42.5 Å². The van der Waals surface area contributed by atoms with Gasteiger partial charge in [-0.1, -0.05) is 36.4 Å². The number of phenolic OH excluding ortho intramolecular Hbond substituents is 2. The Kier molecular flexibility index (Phi) is 8.40. The fraction of sp³-hybridized carbons (Fsp3) is 0.385. The van der Waals surface area contributed by atoms with Crippen molar-refractivity contribution >= 4 is 16.7 Å². The first-order chi connectivity index (χ1) is 24.1. The van der Waals surface area contributed by atoms with Gasteiger partial charge in [0, 0.05) is 57.6 Å². The average Bonchev–Trinajstić information content (AvgIpc) is 3.11. The molecule has 1 saturated heterocycles. The molecule has 5 atom stereocenters. The van der Waals surface area contributed by atoms with E-state index in [-0.39, 0.29) is 35.7 Å². The molecule has 3 heterocycles. The molecule has 260 valence electrons. The zero-order chi connectivity index (χ0) is 35.6. The van der Waals surface area contributed by atoms with Gasteiger partial charge in [0.1, 0.15) is 17.5 Å². The maximum absolute atomic E-state index is 14.0. The summed E-state index contributed by atoms with van der Waals surface area (Å²) in [5.41, 5.74) is 4.70. The zero-order valence-electron chi connectivity index (χ0n) is 29.3. The smallest absolute Gasteiger partial charge is 0.251 e. The lowest BCUT2D eigenvalue weighted by Crippen LogP contribution is -2.68. The minimum Gasteiger partial charge on any atom is -0.504 e. The molecule has 1 amide bonds. The SMILES string of the molecule is COc1c(C)c(OC)c2c(c1O)[C@H]1[C@@H]3Cc4c(OC)c(C)c(OC)c(O)c4[C@H](CNC(=O)c4cccc5ccccc45)N3[C@@H](C#N)[C@@H](C2)N1C. The fourth-order valence-electron chi connectivity index (χ4n) is 9.12. The summed E-state index contributed by atoms with van der Waals surface area (Å²) < 4.78 is 23.4. The van der Waals surface area contributed by atoms with Gasteiger partial charge in [-0.2, -0.15) is 5.26 Å². The molecule has 4 aromatic rings. The molecule has 0 unspecified atom stereocenters. The predicted molar refractivity (Wildman–Crippen MR) is 188 cm³/mol. The summed E-state index contributed by atoms with van der Waals surface area (Å²) in [5, 5.41) is 39.7. The van der Waals surface area contributed by atoms with Gasteiger partial charge in [-0.3, -0.25) is 14.6 Å². The minimum absolute atomic E-state index is 0.0405. The Labute approximate surface area is 291 Å². The van der Waals surface area contributed by atoms with E-state index in [0.29, 0.717) is 57.9 Å². The molecule has 7 rings (SSSR count). The van der Waals surface area contributed by atoms with Crippen LogP contribution < -0.4 is 24.3 Å². The quantitative estimate of drug-likeness (QED) is 0.242. The Morgan fingerprint density at radius 3 is 2.02 bits per heavy atom. The van der Waals surface area contributed by atoms with Crippen molar-refractivity contribution in [2.45, 2.75) is 56.9 Å². The second-order valence-corrected chi connectivity index (χ2v) is 13.3. The number of fused-ring (bicyclic) bond motifs is 8. The number of carbonyl (C=O) groups excluding carboxylic acids is 1. The Morgan fingerprint density at radius 1 is 0.840 bits per heavy atom. The number of nitriles is 1. The number of likely N-dealkylation sites (N-methyl/N-ethyl adjacent to an activating group) is 1. The largest absolute Gasteiger partial charge is 0.504 e. The summed E-state index contributed by atoms with van der Waals surface area (Å²) >= 11 is 0. The van der Waals surface area contributed by atoms with E-state index >= 15 is 0 Å². The highest BCUT2D eigenvalue weighted by molar-refractivity contribution is 6.07. The van der Waals surface area contributed by atoms with E-state index in [1.165, 1.54) is 14.2 Å². The first-order valence-electron chi connectivity index (χ1n) is 16.7. The number of piperazine rings is 1. The van der Waals surface area contributed by atoms with Crippen molar-refractivity contribution in [3.8, 4) is 40.6 Å². The van der Waals surface area contributed by atoms with Gasteiger partial charge in [0.25, 0.3) is 5.91 Å². The molecule has 2 bridgehead atoms. The molecule has 3 N–H and O–H groups in total. The molecule has 0 aromatic heterocycles. The maximum atomic E-state index is 14.0. The number of rotatable bonds is 7. The van der Waals surface area contributed by atoms with Gasteiger partial charge in [0.15, 0.2) is 23.0 Å². The second-order valence-electron chi connectivity index (χ2n) is 13.3. The molecule has 0 saturated carbocycles. The summed E-state index contributed by atoms with van der Waals surface area (Å²) in [6.45, 7) is 3.77. The highest BCUT2D eigenvalue weighted by atomic mass is 16.5. The molecule has 0 spiro atoms. The Balaban J connectivity index is 1.43. The molecule has 0 aliphatic carbocycles. The molecule has 4 aromatic carbocycles. The van der Waals surface area contributed by atoms with Gasteiger partial charge >= 0.3 is 0 Å². The molecular formula is C39H42N4O7. The molecule has 1 fully saturated rings. The molecule has 3 aliphatic rings. The topological polar surface area (TPSA) is 137 Å². The van der Waals surface area contributed by atoms with Crippen LogP contribution in [-0.2, 0) is 12.8 Å². The molecule has 50 heavy (non-hydrogen) atoms.